The van der Waals surface area contributed by atoms with Crippen LogP contribution in [0.3, 0.4) is 0 Å². The van der Waals surface area contributed by atoms with Crippen LogP contribution in [0.4, 0.5) is 5.69 Å². The number of nitrogens with zero attached hydrogens (tertiary/aromatic N) is 2. The Hall–Kier alpha value is -3.32. The van der Waals surface area contributed by atoms with E-state index >= 15 is 0 Å². The summed E-state index contributed by atoms with van der Waals surface area (Å²) in [6.07, 6.45) is 0.487. The first kappa shape index (κ1) is 21.9. The highest BCUT2D eigenvalue weighted by molar-refractivity contribution is 7.92. The lowest BCUT2D eigenvalue weighted by Crippen LogP contribution is -2.40. The quantitative estimate of drug-likeness (QED) is 0.389. The first-order valence-corrected chi connectivity index (χ1v) is 12.3. The predicted molar refractivity (Wildman–Crippen MR) is 128 cm³/mol. The van der Waals surface area contributed by atoms with Crippen molar-refractivity contribution >= 4 is 43.5 Å². The second-order valence-corrected chi connectivity index (χ2v) is 9.91. The topological polar surface area (TPSA) is 68.6 Å². The molecule has 3 aromatic carbocycles. The average molecular weight is 451 g/mol. The second-order valence-electron chi connectivity index (χ2n) is 8.01. The Bertz CT molecular complexity index is 1320. The van der Waals surface area contributed by atoms with Gasteiger partial charge < -0.3 is 9.30 Å². The van der Waals surface area contributed by atoms with E-state index in [1.165, 1.54) is 11.2 Å². The summed E-state index contributed by atoms with van der Waals surface area (Å²) in [6.45, 7) is 3.63. The van der Waals surface area contributed by atoms with Crippen molar-refractivity contribution in [2.45, 2.75) is 26.5 Å². The third kappa shape index (κ3) is 4.48. The number of aromatic nitrogens is 1. The number of esters is 1. The van der Waals surface area contributed by atoms with Crippen LogP contribution in [0, 0.1) is 6.92 Å². The van der Waals surface area contributed by atoms with Gasteiger partial charge in [-0.1, -0.05) is 54.1 Å². The fraction of sp³-hybridized carbons (Fsp3) is 0.240. The molecule has 0 fully saturated rings. The summed E-state index contributed by atoms with van der Waals surface area (Å²) in [5, 5.41) is 2.20. The maximum atomic E-state index is 12.6. The second kappa shape index (κ2) is 8.67. The van der Waals surface area contributed by atoms with Gasteiger partial charge in [0.1, 0.15) is 6.10 Å². The molecule has 0 saturated heterocycles. The summed E-state index contributed by atoms with van der Waals surface area (Å²) in [4.78, 5) is 11.9. The smallest absolute Gasteiger partial charge is 0.303 e. The molecule has 0 unspecified atom stereocenters. The summed E-state index contributed by atoms with van der Waals surface area (Å²) < 4.78 is 34.3. The average Bonchev–Trinajstić information content (AvgIpc) is 3.05. The zero-order chi connectivity index (χ0) is 22.9. The zero-order valence-corrected chi connectivity index (χ0v) is 19.2. The van der Waals surface area contributed by atoms with Crippen molar-refractivity contribution in [3.05, 3.63) is 78.4 Å². The largest absolute Gasteiger partial charge is 0.459 e. The summed E-state index contributed by atoms with van der Waals surface area (Å²) in [6, 6.07) is 23.3. The Kier molecular flexibility index (Phi) is 5.93. The Balaban J connectivity index is 1.76. The molecule has 4 rings (SSSR count). The third-order valence-corrected chi connectivity index (χ3v) is 6.65. The van der Waals surface area contributed by atoms with Crippen LogP contribution in [0.2, 0.25) is 0 Å². The first-order chi connectivity index (χ1) is 15.2. The Morgan fingerprint density at radius 3 is 1.97 bits per heavy atom. The molecule has 0 aliphatic carbocycles. The number of hydrogen-bond acceptors (Lipinski definition) is 4. The lowest BCUT2D eigenvalue weighted by atomic mass is 10.2. The summed E-state index contributed by atoms with van der Waals surface area (Å²) >= 11 is 0. The highest BCUT2D eigenvalue weighted by Gasteiger charge is 2.25. The molecule has 166 valence electrons. The van der Waals surface area contributed by atoms with Crippen molar-refractivity contribution in [1.82, 2.24) is 4.57 Å². The van der Waals surface area contributed by atoms with Crippen molar-refractivity contribution in [3.63, 3.8) is 0 Å². The summed E-state index contributed by atoms with van der Waals surface area (Å²) in [5.74, 6) is -0.451. The van der Waals surface area contributed by atoms with Gasteiger partial charge in [-0.15, -0.1) is 0 Å². The molecule has 0 spiro atoms. The minimum atomic E-state index is -3.59. The van der Waals surface area contributed by atoms with Gasteiger partial charge in [0.05, 0.1) is 25.0 Å². The van der Waals surface area contributed by atoms with Crippen LogP contribution in [0.1, 0.15) is 12.5 Å². The van der Waals surface area contributed by atoms with Gasteiger partial charge in [0.15, 0.2) is 0 Å². The van der Waals surface area contributed by atoms with E-state index in [9.17, 15) is 13.2 Å². The lowest BCUT2D eigenvalue weighted by molar-refractivity contribution is -0.146. The number of fused-ring (bicyclic) bond motifs is 3. The van der Waals surface area contributed by atoms with Gasteiger partial charge in [-0.25, -0.2) is 8.42 Å². The van der Waals surface area contributed by atoms with Gasteiger partial charge >= 0.3 is 5.97 Å². The zero-order valence-electron chi connectivity index (χ0n) is 18.4. The van der Waals surface area contributed by atoms with Gasteiger partial charge in [-0.2, -0.15) is 0 Å². The molecule has 7 heteroatoms. The van der Waals surface area contributed by atoms with Crippen LogP contribution in [-0.4, -0.2) is 37.9 Å². The molecular formula is C25H26N2O4S. The Morgan fingerprint density at radius 2 is 1.47 bits per heavy atom. The van der Waals surface area contributed by atoms with Crippen molar-refractivity contribution in [3.8, 4) is 0 Å². The van der Waals surface area contributed by atoms with E-state index < -0.39 is 22.1 Å². The number of benzene rings is 3. The molecule has 0 aliphatic rings. The molecule has 1 aromatic heterocycles. The van der Waals surface area contributed by atoms with E-state index in [-0.39, 0.29) is 6.54 Å². The number of aryl methyl sites for hydroxylation is 1. The van der Waals surface area contributed by atoms with Crippen molar-refractivity contribution < 1.29 is 17.9 Å². The van der Waals surface area contributed by atoms with Crippen molar-refractivity contribution in [2.75, 3.05) is 17.1 Å². The molecule has 1 atom stereocenters. The number of carbonyl (C=O) groups is 1. The minimum Gasteiger partial charge on any atom is -0.459 e. The molecule has 4 aromatic rings. The fourth-order valence-corrected chi connectivity index (χ4v) is 5.04. The van der Waals surface area contributed by atoms with E-state index in [2.05, 4.69) is 16.7 Å². The summed E-state index contributed by atoms with van der Waals surface area (Å²) in [7, 11) is -3.59. The number of sulfonamides is 1. The lowest BCUT2D eigenvalue weighted by Gasteiger charge is -2.28. The number of ether oxygens (including phenoxy) is 1. The number of rotatable bonds is 7. The first-order valence-electron chi connectivity index (χ1n) is 10.4. The number of anilines is 1. The van der Waals surface area contributed by atoms with Gasteiger partial charge in [0, 0.05) is 28.7 Å². The predicted octanol–water partition coefficient (Wildman–Crippen LogP) is 4.50. The normalized spacial score (nSPS) is 12.7. The van der Waals surface area contributed by atoms with E-state index in [1.54, 1.807) is 12.1 Å². The molecule has 0 bridgehead atoms. The third-order valence-electron chi connectivity index (χ3n) is 5.49. The van der Waals surface area contributed by atoms with Crippen LogP contribution in [-0.2, 0) is 26.1 Å². The summed E-state index contributed by atoms with van der Waals surface area (Å²) in [5.41, 5.74) is 3.58. The molecule has 0 aliphatic heterocycles. The van der Waals surface area contributed by atoms with Gasteiger partial charge in [0.25, 0.3) is 0 Å². The van der Waals surface area contributed by atoms with E-state index in [1.807, 2.05) is 55.5 Å². The van der Waals surface area contributed by atoms with Crippen LogP contribution >= 0.6 is 0 Å². The Labute approximate surface area is 188 Å². The van der Waals surface area contributed by atoms with Crippen LogP contribution < -0.4 is 4.31 Å². The SMILES string of the molecule is CC(=O)O[C@@H](CN(c1ccc(C)cc1)S(C)(=O)=O)Cn1c2ccccc2c2ccccc21. The number of para-hydroxylation sites is 2. The van der Waals surface area contributed by atoms with Gasteiger partial charge in [-0.05, 0) is 31.2 Å². The molecule has 6 nitrogen and oxygen atoms in total. The molecule has 0 amide bonds. The number of hydrogen-bond donors (Lipinski definition) is 0. The van der Waals surface area contributed by atoms with Crippen LogP contribution in [0.5, 0.6) is 0 Å². The van der Waals surface area contributed by atoms with E-state index in [0.717, 1.165) is 33.6 Å². The van der Waals surface area contributed by atoms with Gasteiger partial charge in [-0.3, -0.25) is 9.10 Å². The van der Waals surface area contributed by atoms with Crippen LogP contribution in [0.25, 0.3) is 21.8 Å². The van der Waals surface area contributed by atoms with E-state index in [4.69, 9.17) is 4.74 Å². The maximum Gasteiger partial charge on any atom is 0.303 e. The van der Waals surface area contributed by atoms with Crippen molar-refractivity contribution in [1.29, 1.82) is 0 Å². The standard InChI is InChI=1S/C25H26N2O4S/c1-18-12-14-20(15-13-18)27(32(3,29)30)17-21(31-19(2)28)16-26-24-10-6-4-8-22(24)23-9-5-7-11-25(23)26/h4-15,21H,16-17H2,1-3H3/t21-/m1/s1. The molecule has 0 radical (unpaired) electrons. The monoisotopic (exact) mass is 450 g/mol. The highest BCUT2D eigenvalue weighted by atomic mass is 32.2. The Morgan fingerprint density at radius 1 is 0.938 bits per heavy atom. The maximum absolute atomic E-state index is 12.6. The van der Waals surface area contributed by atoms with Crippen LogP contribution in [0.15, 0.2) is 72.8 Å². The van der Waals surface area contributed by atoms with E-state index in [0.29, 0.717) is 12.2 Å². The van der Waals surface area contributed by atoms with Crippen molar-refractivity contribution in [2.24, 2.45) is 0 Å². The minimum absolute atomic E-state index is 0.0162. The number of carbonyl (C=O) groups excluding carboxylic acids is 1. The van der Waals surface area contributed by atoms with Gasteiger partial charge in [0.2, 0.25) is 10.0 Å². The molecule has 32 heavy (non-hydrogen) atoms. The molecular weight excluding hydrogens is 424 g/mol. The highest BCUT2D eigenvalue weighted by Crippen LogP contribution is 2.29. The molecule has 0 N–H and O–H groups in total. The molecule has 1 heterocycles. The molecule has 0 saturated carbocycles. The fourth-order valence-electron chi connectivity index (χ4n) is 4.10.